The maximum Gasteiger partial charge on any atom is 0.680 e. The summed E-state index contributed by atoms with van der Waals surface area (Å²) in [6.07, 6.45) is 0.115. The molecule has 0 amide bonds. The molecule has 0 saturated carbocycles. The zero-order chi connectivity index (χ0) is 10.7. The fraction of sp³-hybridized carbons (Fsp3) is 1.00. The Morgan fingerprint density at radius 1 is 1.33 bits per heavy atom. The van der Waals surface area contributed by atoms with Gasteiger partial charge in [-0.3, -0.25) is 4.90 Å². The molecule has 2 bridgehead atoms. The number of rotatable bonds is 2. The second kappa shape index (κ2) is 4.90. The van der Waals surface area contributed by atoms with E-state index >= 15 is 0 Å². The van der Waals surface area contributed by atoms with E-state index in [0.717, 1.165) is 19.6 Å². The van der Waals surface area contributed by atoms with E-state index in [0.29, 0.717) is 19.8 Å². The second-order valence-corrected chi connectivity index (χ2v) is 5.96. The first-order chi connectivity index (χ1) is 7.24. The van der Waals surface area contributed by atoms with Crippen LogP contribution in [-0.4, -0.2) is 59.5 Å². The van der Waals surface area contributed by atoms with Crippen LogP contribution in [-0.2, 0) is 17.7 Å². The molecular formula is C9H19NO4Si. The summed E-state index contributed by atoms with van der Waals surface area (Å²) in [7, 11) is -2.82. The molecule has 0 aromatic heterocycles. The highest BCUT2D eigenvalue weighted by molar-refractivity contribution is 6.53. The number of hydrogen-bond acceptors (Lipinski definition) is 5. The lowest BCUT2D eigenvalue weighted by Crippen LogP contribution is -2.59. The lowest BCUT2D eigenvalue weighted by molar-refractivity contribution is -0.0935. The van der Waals surface area contributed by atoms with Crippen molar-refractivity contribution in [3.63, 3.8) is 0 Å². The summed E-state index contributed by atoms with van der Waals surface area (Å²) in [6.45, 7) is 8.65. The summed E-state index contributed by atoms with van der Waals surface area (Å²) in [5.74, 6) is 0. The van der Waals surface area contributed by atoms with Gasteiger partial charge in [0.1, 0.15) is 0 Å². The Kier molecular flexibility index (Phi) is 3.76. The monoisotopic (exact) mass is 233 g/mol. The molecule has 6 heteroatoms. The molecule has 0 aliphatic carbocycles. The first-order valence-corrected chi connectivity index (χ1v) is 7.19. The molecule has 0 aromatic rings. The van der Waals surface area contributed by atoms with Gasteiger partial charge in [0.25, 0.3) is 0 Å². The Balaban J connectivity index is 2.11. The third kappa shape index (κ3) is 2.77. The van der Waals surface area contributed by atoms with Gasteiger partial charge in [0.2, 0.25) is 0 Å². The van der Waals surface area contributed by atoms with Gasteiger partial charge in [0.05, 0.1) is 19.3 Å². The molecule has 0 aromatic carbocycles. The highest BCUT2D eigenvalue weighted by atomic mass is 28.4. The van der Waals surface area contributed by atoms with Gasteiger partial charge in [0, 0.05) is 26.2 Å². The van der Waals surface area contributed by atoms with Crippen LogP contribution in [0.1, 0.15) is 13.8 Å². The number of hydrogen-bond donors (Lipinski definition) is 0. The van der Waals surface area contributed by atoms with E-state index in [1.165, 1.54) is 0 Å². The minimum Gasteiger partial charge on any atom is -0.351 e. The first-order valence-electron chi connectivity index (χ1n) is 5.56. The molecule has 3 rings (SSSR count). The van der Waals surface area contributed by atoms with E-state index in [1.54, 1.807) is 0 Å². The van der Waals surface area contributed by atoms with Crippen LogP contribution in [0.25, 0.3) is 0 Å². The summed E-state index contributed by atoms with van der Waals surface area (Å²) >= 11 is 0. The van der Waals surface area contributed by atoms with Crippen molar-refractivity contribution in [2.24, 2.45) is 0 Å². The second-order valence-electron chi connectivity index (χ2n) is 3.86. The average Bonchev–Trinajstić information content (AvgIpc) is 2.10. The Hall–Kier alpha value is 0.0169. The van der Waals surface area contributed by atoms with Gasteiger partial charge in [-0.25, -0.2) is 0 Å². The van der Waals surface area contributed by atoms with Gasteiger partial charge in [-0.2, -0.15) is 0 Å². The van der Waals surface area contributed by atoms with Gasteiger partial charge in [-0.1, -0.05) is 0 Å². The normalized spacial score (nSPS) is 42.0. The van der Waals surface area contributed by atoms with Crippen molar-refractivity contribution in [1.29, 1.82) is 0 Å². The SMILES string of the molecule is CCO[Si]12OCCN(CCO1)CC(C)O2. The third-order valence-corrected chi connectivity index (χ3v) is 5.00. The van der Waals surface area contributed by atoms with Gasteiger partial charge >= 0.3 is 9.05 Å². The molecule has 0 spiro atoms. The maximum atomic E-state index is 5.82. The van der Waals surface area contributed by atoms with Crippen LogP contribution in [0.3, 0.4) is 0 Å². The van der Waals surface area contributed by atoms with Gasteiger partial charge in [0.15, 0.2) is 0 Å². The zero-order valence-electron chi connectivity index (χ0n) is 9.40. The quantitative estimate of drug-likeness (QED) is 0.638. The lowest BCUT2D eigenvalue weighted by atomic mass is 10.3. The van der Waals surface area contributed by atoms with Crippen LogP contribution in [0, 0.1) is 0 Å². The topological polar surface area (TPSA) is 40.2 Å². The fourth-order valence-corrected chi connectivity index (χ4v) is 4.00. The van der Waals surface area contributed by atoms with Gasteiger partial charge in [-0.05, 0) is 13.8 Å². The van der Waals surface area contributed by atoms with E-state index in [1.807, 2.05) is 13.8 Å². The molecule has 15 heavy (non-hydrogen) atoms. The Labute approximate surface area is 91.7 Å². The van der Waals surface area contributed by atoms with Crippen molar-refractivity contribution in [3.8, 4) is 0 Å². The van der Waals surface area contributed by atoms with E-state index in [-0.39, 0.29) is 6.10 Å². The Bertz CT molecular complexity index is 206. The highest BCUT2D eigenvalue weighted by Crippen LogP contribution is 2.20. The van der Waals surface area contributed by atoms with Crippen LogP contribution in [0.15, 0.2) is 0 Å². The van der Waals surface area contributed by atoms with Gasteiger partial charge < -0.3 is 17.7 Å². The molecule has 5 nitrogen and oxygen atoms in total. The fourth-order valence-electron chi connectivity index (χ4n) is 1.94. The van der Waals surface area contributed by atoms with Crippen molar-refractivity contribution in [1.82, 2.24) is 4.90 Å². The summed E-state index contributed by atoms with van der Waals surface area (Å²) in [5.41, 5.74) is 0. The van der Waals surface area contributed by atoms with E-state index < -0.39 is 9.05 Å². The molecule has 3 fully saturated rings. The minimum atomic E-state index is -2.82. The van der Waals surface area contributed by atoms with E-state index in [4.69, 9.17) is 17.7 Å². The summed E-state index contributed by atoms with van der Waals surface area (Å²) in [6, 6.07) is 0. The van der Waals surface area contributed by atoms with Crippen LogP contribution in [0.5, 0.6) is 0 Å². The molecule has 3 heterocycles. The molecule has 3 aliphatic rings. The summed E-state index contributed by atoms with van der Waals surface area (Å²) < 4.78 is 22.8. The third-order valence-electron chi connectivity index (χ3n) is 2.55. The van der Waals surface area contributed by atoms with Crippen LogP contribution < -0.4 is 0 Å². The standard InChI is InChI=1S/C9H19NO4Si/c1-3-11-15-12-6-4-10(5-7-13-15)8-9(2)14-15/h9H,3-8H2,1-2H3. The summed E-state index contributed by atoms with van der Waals surface area (Å²) in [5, 5.41) is 0. The highest BCUT2D eigenvalue weighted by Gasteiger charge is 2.49. The van der Waals surface area contributed by atoms with Crippen LogP contribution in [0.2, 0.25) is 0 Å². The Morgan fingerprint density at radius 2 is 2.00 bits per heavy atom. The van der Waals surface area contributed by atoms with Gasteiger partial charge in [-0.15, -0.1) is 0 Å². The largest absolute Gasteiger partial charge is 0.680 e. The van der Waals surface area contributed by atoms with Crippen molar-refractivity contribution < 1.29 is 17.7 Å². The van der Waals surface area contributed by atoms with Crippen LogP contribution >= 0.6 is 0 Å². The molecule has 1 atom stereocenters. The number of fused-ring (bicyclic) bond motifs is 6. The zero-order valence-corrected chi connectivity index (χ0v) is 10.4. The molecule has 3 aliphatic heterocycles. The van der Waals surface area contributed by atoms with E-state index in [2.05, 4.69) is 4.90 Å². The van der Waals surface area contributed by atoms with E-state index in [9.17, 15) is 0 Å². The molecule has 0 N–H and O–H groups in total. The van der Waals surface area contributed by atoms with Crippen molar-refractivity contribution in [2.75, 3.05) is 39.5 Å². The lowest BCUT2D eigenvalue weighted by Gasteiger charge is -2.39. The first kappa shape index (κ1) is 11.5. The minimum absolute atomic E-state index is 0.115. The molecule has 3 saturated heterocycles. The summed E-state index contributed by atoms with van der Waals surface area (Å²) in [4.78, 5) is 2.30. The Morgan fingerprint density at radius 3 is 2.60 bits per heavy atom. The molecule has 88 valence electrons. The van der Waals surface area contributed by atoms with Crippen LogP contribution in [0.4, 0.5) is 0 Å². The molecule has 0 radical (unpaired) electrons. The predicted molar refractivity (Wildman–Crippen MR) is 56.3 cm³/mol. The maximum absolute atomic E-state index is 5.82. The predicted octanol–water partition coefficient (Wildman–Crippen LogP) is 0.226. The molecule has 1 unspecified atom stereocenters. The molecular weight excluding hydrogens is 214 g/mol. The van der Waals surface area contributed by atoms with Crippen molar-refractivity contribution in [3.05, 3.63) is 0 Å². The smallest absolute Gasteiger partial charge is 0.351 e. The van der Waals surface area contributed by atoms with Crippen molar-refractivity contribution >= 4 is 9.05 Å². The number of nitrogens with zero attached hydrogens (tertiary/aromatic N) is 1. The van der Waals surface area contributed by atoms with Crippen molar-refractivity contribution in [2.45, 2.75) is 20.0 Å². The average molecular weight is 233 g/mol.